The molecule has 130 valence electrons. The fourth-order valence-electron chi connectivity index (χ4n) is 3.13. The van der Waals surface area contributed by atoms with Gasteiger partial charge in [0.05, 0.1) is 5.57 Å². The second kappa shape index (κ2) is 6.41. The largest absolute Gasteiger partial charge is 0.318 e. The molecule has 4 rings (SSSR count). The van der Waals surface area contributed by atoms with Crippen LogP contribution in [0.1, 0.15) is 17.0 Å². The fraction of sp³-hybridized carbons (Fsp3) is 0.105. The number of fused-ring (bicyclic) bond motifs is 1. The zero-order chi connectivity index (χ0) is 18.4. The van der Waals surface area contributed by atoms with Gasteiger partial charge in [-0.2, -0.15) is 4.99 Å². The molecule has 5 nitrogen and oxygen atoms in total. The van der Waals surface area contributed by atoms with Crippen molar-refractivity contribution in [2.45, 2.75) is 13.8 Å². The Morgan fingerprint density at radius 3 is 2.85 bits per heavy atom. The van der Waals surface area contributed by atoms with E-state index in [4.69, 9.17) is 5.41 Å². The van der Waals surface area contributed by atoms with Crippen molar-refractivity contribution in [1.82, 2.24) is 9.47 Å². The lowest BCUT2D eigenvalue weighted by Crippen LogP contribution is -2.35. The smallest absolute Gasteiger partial charge is 0.283 e. The van der Waals surface area contributed by atoms with E-state index in [1.54, 1.807) is 17.2 Å². The number of amidine groups is 2. The second-order valence-corrected chi connectivity index (χ2v) is 7.81. The highest BCUT2D eigenvalue weighted by molar-refractivity contribution is 9.10. The van der Waals surface area contributed by atoms with Crippen LogP contribution in [0.2, 0.25) is 0 Å². The van der Waals surface area contributed by atoms with Gasteiger partial charge in [-0.1, -0.05) is 33.8 Å². The number of aliphatic imine (C=N–C) groups is 1. The molecule has 7 heteroatoms. The van der Waals surface area contributed by atoms with Crippen LogP contribution < -0.4 is 0 Å². The summed E-state index contributed by atoms with van der Waals surface area (Å²) in [6.07, 6.45) is 3.52. The zero-order valence-corrected chi connectivity index (χ0v) is 16.6. The van der Waals surface area contributed by atoms with E-state index in [9.17, 15) is 4.79 Å². The van der Waals surface area contributed by atoms with Crippen LogP contribution in [0.4, 0.5) is 0 Å². The Morgan fingerprint density at radius 2 is 2.08 bits per heavy atom. The maximum absolute atomic E-state index is 12.4. The molecule has 1 N–H and O–H groups in total. The van der Waals surface area contributed by atoms with Crippen LogP contribution in [0.5, 0.6) is 0 Å². The first kappa shape index (κ1) is 17.1. The molecule has 1 amide bonds. The van der Waals surface area contributed by atoms with Gasteiger partial charge in [-0.25, -0.2) is 0 Å². The molecule has 1 aromatic carbocycles. The molecule has 0 unspecified atom stereocenters. The predicted octanol–water partition coefficient (Wildman–Crippen LogP) is 4.63. The first-order chi connectivity index (χ1) is 12.5. The first-order valence-corrected chi connectivity index (χ1v) is 9.64. The summed E-state index contributed by atoms with van der Waals surface area (Å²) in [5, 5.41) is 10.7. The van der Waals surface area contributed by atoms with Gasteiger partial charge in [-0.3, -0.25) is 15.1 Å². The number of carbonyl (C=O) groups is 1. The molecule has 26 heavy (non-hydrogen) atoms. The molecule has 0 spiro atoms. The number of hydrogen-bond acceptors (Lipinski definition) is 3. The number of carbonyl (C=O) groups excluding carboxylic acids is 1. The molecule has 0 fully saturated rings. The normalized spacial score (nSPS) is 17.9. The Balaban J connectivity index is 1.79. The number of rotatable bonds is 2. The van der Waals surface area contributed by atoms with Gasteiger partial charge >= 0.3 is 0 Å². The molecule has 0 radical (unpaired) electrons. The van der Waals surface area contributed by atoms with Crippen molar-refractivity contribution in [1.29, 1.82) is 5.41 Å². The molecule has 0 saturated heterocycles. The third kappa shape index (κ3) is 2.77. The average Bonchev–Trinajstić information content (AvgIpc) is 3.16. The van der Waals surface area contributed by atoms with Crippen LogP contribution in [0.3, 0.4) is 0 Å². The van der Waals surface area contributed by atoms with E-state index in [-0.39, 0.29) is 11.7 Å². The molecule has 0 bridgehead atoms. The van der Waals surface area contributed by atoms with E-state index in [0.29, 0.717) is 10.7 Å². The zero-order valence-electron chi connectivity index (χ0n) is 14.2. The summed E-state index contributed by atoms with van der Waals surface area (Å²) in [6, 6.07) is 10.1. The van der Waals surface area contributed by atoms with Crippen LogP contribution in [0.25, 0.3) is 11.8 Å². The van der Waals surface area contributed by atoms with Gasteiger partial charge in [-0.05, 0) is 55.2 Å². The molecule has 0 atom stereocenters. The Bertz CT molecular complexity index is 1050. The summed E-state index contributed by atoms with van der Waals surface area (Å²) in [4.78, 5) is 18.1. The van der Waals surface area contributed by atoms with Crippen molar-refractivity contribution in [3.05, 3.63) is 68.9 Å². The number of hydrogen-bond donors (Lipinski definition) is 1. The number of amides is 1. The molecule has 0 aliphatic carbocycles. The van der Waals surface area contributed by atoms with Crippen molar-refractivity contribution in [2.75, 3.05) is 0 Å². The molecule has 2 aliphatic heterocycles. The SMILES string of the molecule is Cc1cc(/C=C2/C(=N)N3C=CSC3=NC2=O)c(C)n1-c1cccc(Br)c1. The van der Waals surface area contributed by atoms with Crippen molar-refractivity contribution in [3.8, 4) is 5.69 Å². The molecule has 3 heterocycles. The summed E-state index contributed by atoms with van der Waals surface area (Å²) in [5.41, 5.74) is 4.32. The summed E-state index contributed by atoms with van der Waals surface area (Å²) in [7, 11) is 0. The number of nitrogens with zero attached hydrogens (tertiary/aromatic N) is 3. The van der Waals surface area contributed by atoms with Crippen molar-refractivity contribution >= 4 is 50.7 Å². The van der Waals surface area contributed by atoms with Gasteiger partial charge in [0, 0.05) is 27.7 Å². The van der Waals surface area contributed by atoms with Crippen LogP contribution >= 0.6 is 27.7 Å². The van der Waals surface area contributed by atoms with E-state index in [2.05, 4.69) is 25.5 Å². The quantitative estimate of drug-likeness (QED) is 0.711. The highest BCUT2D eigenvalue weighted by Crippen LogP contribution is 2.29. The lowest BCUT2D eigenvalue weighted by Gasteiger charge is -2.22. The highest BCUT2D eigenvalue weighted by Gasteiger charge is 2.31. The van der Waals surface area contributed by atoms with Gasteiger partial charge < -0.3 is 4.57 Å². The number of aryl methyl sites for hydroxylation is 1. The van der Waals surface area contributed by atoms with Crippen molar-refractivity contribution in [3.63, 3.8) is 0 Å². The minimum Gasteiger partial charge on any atom is -0.318 e. The lowest BCUT2D eigenvalue weighted by atomic mass is 10.1. The number of nitrogens with one attached hydrogen (secondary N) is 1. The predicted molar refractivity (Wildman–Crippen MR) is 110 cm³/mol. The van der Waals surface area contributed by atoms with E-state index in [0.717, 1.165) is 27.1 Å². The van der Waals surface area contributed by atoms with Gasteiger partial charge in [0.15, 0.2) is 5.17 Å². The standard InChI is InChI=1S/C19H15BrN4OS/c1-11-8-13(12(2)24(11)15-5-3-4-14(20)10-15)9-16-17(21)23-6-7-26-19(23)22-18(16)25/h3-10,21H,1-2H3/b16-9-,21-17?. The fourth-order valence-corrected chi connectivity index (χ4v) is 4.23. The molecule has 0 saturated carbocycles. The Kier molecular flexibility index (Phi) is 4.20. The third-order valence-electron chi connectivity index (χ3n) is 4.35. The molecule has 2 aliphatic rings. The van der Waals surface area contributed by atoms with Crippen molar-refractivity contribution in [2.24, 2.45) is 4.99 Å². The number of thioether (sulfide) groups is 1. The summed E-state index contributed by atoms with van der Waals surface area (Å²) >= 11 is 4.86. The Morgan fingerprint density at radius 1 is 1.27 bits per heavy atom. The average molecular weight is 427 g/mol. The lowest BCUT2D eigenvalue weighted by molar-refractivity contribution is -0.114. The number of aromatic nitrogens is 1. The van der Waals surface area contributed by atoms with Crippen LogP contribution in [0.15, 0.2) is 57.0 Å². The van der Waals surface area contributed by atoms with Gasteiger partial charge in [0.25, 0.3) is 5.91 Å². The van der Waals surface area contributed by atoms with Crippen LogP contribution in [-0.4, -0.2) is 26.4 Å². The van der Waals surface area contributed by atoms with Gasteiger partial charge in [0.1, 0.15) is 5.84 Å². The summed E-state index contributed by atoms with van der Waals surface area (Å²) in [6.45, 7) is 4.04. The minimum absolute atomic E-state index is 0.161. The highest BCUT2D eigenvalue weighted by atomic mass is 79.9. The maximum atomic E-state index is 12.4. The second-order valence-electron chi connectivity index (χ2n) is 6.02. The molecular formula is C19H15BrN4OS. The van der Waals surface area contributed by atoms with Gasteiger partial charge in [-0.15, -0.1) is 0 Å². The summed E-state index contributed by atoms with van der Waals surface area (Å²) < 4.78 is 3.14. The molecule has 1 aromatic heterocycles. The molecular weight excluding hydrogens is 412 g/mol. The van der Waals surface area contributed by atoms with Crippen LogP contribution in [-0.2, 0) is 4.79 Å². The van der Waals surface area contributed by atoms with E-state index in [1.807, 2.05) is 49.6 Å². The summed E-state index contributed by atoms with van der Waals surface area (Å²) in [5.74, 6) is -0.210. The minimum atomic E-state index is -0.371. The van der Waals surface area contributed by atoms with Crippen LogP contribution in [0, 0.1) is 19.3 Å². The maximum Gasteiger partial charge on any atom is 0.283 e. The van der Waals surface area contributed by atoms with E-state index < -0.39 is 0 Å². The monoisotopic (exact) mass is 426 g/mol. The molecule has 2 aromatic rings. The van der Waals surface area contributed by atoms with E-state index >= 15 is 0 Å². The van der Waals surface area contributed by atoms with E-state index in [1.165, 1.54) is 11.8 Å². The number of benzene rings is 1. The third-order valence-corrected chi connectivity index (χ3v) is 5.60. The Hall–Kier alpha value is -2.38. The van der Waals surface area contributed by atoms with Gasteiger partial charge in [0.2, 0.25) is 0 Å². The first-order valence-electron chi connectivity index (χ1n) is 7.97. The van der Waals surface area contributed by atoms with Crippen molar-refractivity contribution < 1.29 is 4.79 Å². The number of halogens is 1. The topological polar surface area (TPSA) is 61.5 Å². The Labute approximate surface area is 163 Å².